The summed E-state index contributed by atoms with van der Waals surface area (Å²) < 4.78 is 25.7. The number of hydrogen-bond acceptors (Lipinski definition) is 4. The zero-order chi connectivity index (χ0) is 14.2. The van der Waals surface area contributed by atoms with Crippen LogP contribution in [0.5, 0.6) is 0 Å². The maximum Gasteiger partial charge on any atom is 0.225 e. The van der Waals surface area contributed by atoms with Crippen molar-refractivity contribution in [3.8, 4) is 0 Å². The van der Waals surface area contributed by atoms with E-state index in [4.69, 9.17) is 5.11 Å². The summed E-state index contributed by atoms with van der Waals surface area (Å²) in [5.74, 6) is 0.889. The number of amides is 1. The van der Waals surface area contributed by atoms with Crippen LogP contribution in [0, 0.1) is 17.8 Å². The first-order valence-electron chi connectivity index (χ1n) is 6.72. The highest BCUT2D eigenvalue weighted by Crippen LogP contribution is 2.40. The van der Waals surface area contributed by atoms with Gasteiger partial charge in [0.15, 0.2) is 0 Å². The van der Waals surface area contributed by atoms with Crippen molar-refractivity contribution in [3.63, 3.8) is 0 Å². The van der Waals surface area contributed by atoms with Crippen molar-refractivity contribution in [1.82, 2.24) is 9.62 Å². The summed E-state index contributed by atoms with van der Waals surface area (Å²) in [5.41, 5.74) is 0. The number of sulfonamides is 1. The second-order valence-corrected chi connectivity index (χ2v) is 7.76. The van der Waals surface area contributed by atoms with Crippen LogP contribution >= 0.6 is 0 Å². The minimum atomic E-state index is -3.35. The molecular weight excluding hydrogens is 268 g/mol. The van der Waals surface area contributed by atoms with Crippen LogP contribution in [0.3, 0.4) is 0 Å². The van der Waals surface area contributed by atoms with Gasteiger partial charge in [0.2, 0.25) is 15.9 Å². The molecule has 0 aromatic rings. The van der Waals surface area contributed by atoms with Gasteiger partial charge in [-0.05, 0) is 19.3 Å². The maximum atomic E-state index is 11.9. The molecule has 2 rings (SSSR count). The van der Waals surface area contributed by atoms with E-state index in [9.17, 15) is 13.2 Å². The lowest BCUT2D eigenvalue weighted by Crippen LogP contribution is -2.54. The number of hydrogen-bond donors (Lipinski definition) is 2. The van der Waals surface area contributed by atoms with Crippen molar-refractivity contribution in [3.05, 3.63) is 0 Å². The molecule has 0 bridgehead atoms. The summed E-state index contributed by atoms with van der Waals surface area (Å²) in [6, 6.07) is 0. The Morgan fingerprint density at radius 2 is 2.05 bits per heavy atom. The van der Waals surface area contributed by atoms with Gasteiger partial charge in [0.1, 0.15) is 0 Å². The van der Waals surface area contributed by atoms with E-state index in [2.05, 4.69) is 11.6 Å². The van der Waals surface area contributed by atoms with Gasteiger partial charge in [-0.3, -0.25) is 4.79 Å². The Balaban J connectivity index is 1.71. The fourth-order valence-corrected chi connectivity index (χ4v) is 3.82. The van der Waals surface area contributed by atoms with Crippen molar-refractivity contribution in [1.29, 1.82) is 0 Å². The first-order chi connectivity index (χ1) is 8.78. The van der Waals surface area contributed by atoms with Gasteiger partial charge in [0.05, 0.1) is 11.9 Å². The Kier molecular flexibility index (Phi) is 4.17. The zero-order valence-corrected chi connectivity index (χ0v) is 12.2. The number of rotatable bonds is 6. The number of likely N-dealkylation sites (tertiary alicyclic amines) is 1. The molecule has 2 fully saturated rings. The van der Waals surface area contributed by atoms with Crippen molar-refractivity contribution in [2.24, 2.45) is 17.8 Å². The summed E-state index contributed by atoms with van der Waals surface area (Å²) in [6.45, 7) is 4.71. The molecular formula is C12H22N2O4S. The molecule has 1 saturated heterocycles. The molecule has 0 aromatic carbocycles. The lowest BCUT2D eigenvalue weighted by atomic mass is 10.0. The largest absolute Gasteiger partial charge is 0.392 e. The van der Waals surface area contributed by atoms with Gasteiger partial charge in [0, 0.05) is 31.5 Å². The molecule has 1 amide bonds. The molecule has 7 heteroatoms. The van der Waals surface area contributed by atoms with Gasteiger partial charge in [0.25, 0.3) is 0 Å². The second-order valence-electron chi connectivity index (χ2n) is 5.91. The highest BCUT2D eigenvalue weighted by atomic mass is 32.2. The molecule has 1 heterocycles. The van der Waals surface area contributed by atoms with Crippen LogP contribution < -0.4 is 4.72 Å². The van der Waals surface area contributed by atoms with E-state index < -0.39 is 16.1 Å². The van der Waals surface area contributed by atoms with Crippen LogP contribution in [-0.2, 0) is 14.8 Å². The minimum Gasteiger partial charge on any atom is -0.392 e. The van der Waals surface area contributed by atoms with Gasteiger partial charge >= 0.3 is 0 Å². The van der Waals surface area contributed by atoms with Crippen molar-refractivity contribution in [2.75, 3.05) is 25.4 Å². The smallest absolute Gasteiger partial charge is 0.225 e. The van der Waals surface area contributed by atoms with Crippen LogP contribution in [-0.4, -0.2) is 55.8 Å². The first kappa shape index (κ1) is 14.7. The third-order valence-corrected chi connectivity index (χ3v) is 5.27. The van der Waals surface area contributed by atoms with Gasteiger partial charge in [-0.1, -0.05) is 6.92 Å². The summed E-state index contributed by atoms with van der Waals surface area (Å²) in [5, 5.41) is 9.05. The molecule has 0 radical (unpaired) electrons. The number of carbonyl (C=O) groups excluding carboxylic acids is 1. The summed E-state index contributed by atoms with van der Waals surface area (Å²) in [6.07, 6.45) is 0.277. The highest BCUT2D eigenvalue weighted by Gasteiger charge is 2.45. The van der Waals surface area contributed by atoms with E-state index >= 15 is 0 Å². The lowest BCUT2D eigenvalue weighted by Gasteiger charge is -2.39. The molecule has 2 aliphatic rings. The topological polar surface area (TPSA) is 86.7 Å². The molecule has 2 N–H and O–H groups in total. The average molecular weight is 290 g/mol. The molecule has 6 nitrogen and oxygen atoms in total. The summed E-state index contributed by atoms with van der Waals surface area (Å²) in [7, 11) is -3.35. The predicted octanol–water partition coefficient (Wildman–Crippen LogP) is -0.599. The van der Waals surface area contributed by atoms with Gasteiger partial charge < -0.3 is 10.0 Å². The maximum absolute atomic E-state index is 11.9. The predicted molar refractivity (Wildman–Crippen MR) is 70.8 cm³/mol. The van der Waals surface area contributed by atoms with Crippen molar-refractivity contribution < 1.29 is 18.3 Å². The molecule has 110 valence electrons. The van der Waals surface area contributed by atoms with Crippen LogP contribution in [0.4, 0.5) is 0 Å². The van der Waals surface area contributed by atoms with Crippen LogP contribution in [0.15, 0.2) is 0 Å². The first-order valence-corrected chi connectivity index (χ1v) is 8.38. The van der Waals surface area contributed by atoms with E-state index in [0.29, 0.717) is 19.0 Å². The third-order valence-electron chi connectivity index (χ3n) is 3.75. The van der Waals surface area contributed by atoms with E-state index in [1.165, 1.54) is 6.92 Å². The Morgan fingerprint density at radius 1 is 1.47 bits per heavy atom. The molecule has 1 aliphatic heterocycles. The number of carbonyl (C=O) groups is 1. The number of nitrogens with zero attached hydrogens (tertiary/aromatic N) is 1. The Morgan fingerprint density at radius 3 is 2.53 bits per heavy atom. The van der Waals surface area contributed by atoms with E-state index in [-0.39, 0.29) is 30.0 Å². The summed E-state index contributed by atoms with van der Waals surface area (Å²) >= 11 is 0. The Labute approximate surface area is 114 Å². The van der Waals surface area contributed by atoms with Crippen molar-refractivity contribution >= 4 is 15.9 Å². The summed E-state index contributed by atoms with van der Waals surface area (Å²) in [4.78, 5) is 13.6. The molecule has 3 atom stereocenters. The number of aliphatic hydroxyl groups is 1. The molecule has 19 heavy (non-hydrogen) atoms. The Hall–Kier alpha value is -0.660. The van der Waals surface area contributed by atoms with Gasteiger partial charge in [-0.25, -0.2) is 13.1 Å². The fourth-order valence-electron chi connectivity index (χ4n) is 2.37. The van der Waals surface area contributed by atoms with Gasteiger partial charge in [-0.15, -0.1) is 0 Å². The van der Waals surface area contributed by atoms with E-state index in [0.717, 1.165) is 6.42 Å². The molecule has 1 saturated carbocycles. The normalized spacial score (nSPS) is 28.9. The monoisotopic (exact) mass is 290 g/mol. The highest BCUT2D eigenvalue weighted by molar-refractivity contribution is 7.89. The van der Waals surface area contributed by atoms with Crippen LogP contribution in [0.2, 0.25) is 0 Å². The number of aliphatic hydroxyl groups excluding tert-OH is 1. The number of nitrogens with one attached hydrogen (secondary N) is 1. The third kappa shape index (κ3) is 3.90. The fraction of sp³-hybridized carbons (Fsp3) is 0.917. The van der Waals surface area contributed by atoms with E-state index in [1.807, 2.05) is 0 Å². The standard InChI is InChI=1S/C12H22N2O4S/c1-8-3-11(8)12(16)14-5-10(6-14)7-19(17,18)13-4-9(2)15/h8-11,13,15H,3-7H2,1-2H3. The molecule has 0 aromatic heterocycles. The van der Waals surface area contributed by atoms with Crippen LogP contribution in [0.1, 0.15) is 20.3 Å². The molecule has 3 unspecified atom stereocenters. The van der Waals surface area contributed by atoms with Gasteiger partial charge in [-0.2, -0.15) is 0 Å². The van der Waals surface area contributed by atoms with Crippen molar-refractivity contribution in [2.45, 2.75) is 26.4 Å². The zero-order valence-electron chi connectivity index (χ0n) is 11.4. The average Bonchev–Trinajstić information content (AvgIpc) is 2.97. The van der Waals surface area contributed by atoms with Crippen LogP contribution in [0.25, 0.3) is 0 Å². The minimum absolute atomic E-state index is 0.0181. The second kappa shape index (κ2) is 5.38. The quantitative estimate of drug-likeness (QED) is 0.684. The lowest BCUT2D eigenvalue weighted by molar-refractivity contribution is -0.138. The SMILES string of the molecule is CC(O)CNS(=O)(=O)CC1CN(C(=O)C2CC2C)C1. The molecule has 1 aliphatic carbocycles. The Bertz CT molecular complexity index is 443. The van der Waals surface area contributed by atoms with E-state index in [1.54, 1.807) is 4.90 Å². The molecule has 0 spiro atoms.